The molecule has 1 atom stereocenters. The Morgan fingerprint density at radius 3 is 2.29 bits per heavy atom. The maximum absolute atomic E-state index is 5.62. The predicted octanol–water partition coefficient (Wildman–Crippen LogP) is 3.43. The van der Waals surface area contributed by atoms with Crippen LogP contribution in [0.25, 0.3) is 0 Å². The van der Waals surface area contributed by atoms with Crippen LogP contribution in [0, 0.1) is 5.41 Å². The number of hydrogen-bond donors (Lipinski definition) is 1. The second-order valence-corrected chi connectivity index (χ2v) is 8.93. The van der Waals surface area contributed by atoms with Gasteiger partial charge < -0.3 is 10.1 Å². The van der Waals surface area contributed by atoms with Crippen molar-refractivity contribution in [3.05, 3.63) is 0 Å². The second-order valence-electron chi connectivity index (χ2n) is 8.93. The fourth-order valence-corrected chi connectivity index (χ4v) is 3.99. The van der Waals surface area contributed by atoms with Crippen molar-refractivity contribution in [2.75, 3.05) is 26.7 Å². The fourth-order valence-electron chi connectivity index (χ4n) is 3.99. The molecule has 0 aromatic rings. The summed E-state index contributed by atoms with van der Waals surface area (Å²) in [6.45, 7) is 15.0. The van der Waals surface area contributed by atoms with E-state index in [1.165, 1.54) is 32.2 Å². The van der Waals surface area contributed by atoms with Gasteiger partial charge in [-0.25, -0.2) is 0 Å². The molecule has 1 aliphatic carbocycles. The van der Waals surface area contributed by atoms with Crippen LogP contribution < -0.4 is 5.32 Å². The summed E-state index contributed by atoms with van der Waals surface area (Å²) in [5.41, 5.74) is 0.708. The molecule has 1 aliphatic heterocycles. The van der Waals surface area contributed by atoms with E-state index in [1.807, 2.05) is 7.11 Å². The van der Waals surface area contributed by atoms with Gasteiger partial charge in [-0.1, -0.05) is 33.6 Å². The normalized spacial score (nSPS) is 27.4. The van der Waals surface area contributed by atoms with E-state index < -0.39 is 0 Å². The van der Waals surface area contributed by atoms with E-state index in [2.05, 4.69) is 44.8 Å². The lowest BCUT2D eigenvalue weighted by molar-refractivity contribution is -0.0211. The minimum absolute atomic E-state index is 0.0177. The molecule has 3 heteroatoms. The van der Waals surface area contributed by atoms with Crippen LogP contribution in [0.2, 0.25) is 0 Å². The molecule has 21 heavy (non-hydrogen) atoms. The first kappa shape index (κ1) is 17.2. The lowest BCUT2D eigenvalue weighted by Crippen LogP contribution is -2.66. The van der Waals surface area contributed by atoms with Crippen LogP contribution in [0.4, 0.5) is 0 Å². The first-order valence-electron chi connectivity index (χ1n) is 8.72. The minimum atomic E-state index is -0.0177. The molecule has 1 unspecified atom stereocenters. The van der Waals surface area contributed by atoms with Gasteiger partial charge in [0.25, 0.3) is 0 Å². The third-order valence-electron chi connectivity index (χ3n) is 5.73. The molecule has 1 spiro atoms. The van der Waals surface area contributed by atoms with Crippen molar-refractivity contribution in [3.63, 3.8) is 0 Å². The van der Waals surface area contributed by atoms with Gasteiger partial charge in [0, 0.05) is 38.3 Å². The summed E-state index contributed by atoms with van der Waals surface area (Å²) in [5.74, 6) is 0. The number of hydrogen-bond acceptors (Lipinski definition) is 3. The number of nitrogens with one attached hydrogen (secondary N) is 1. The molecule has 0 aromatic heterocycles. The molecule has 1 N–H and O–H groups in total. The van der Waals surface area contributed by atoms with Crippen molar-refractivity contribution in [1.29, 1.82) is 0 Å². The van der Waals surface area contributed by atoms with Crippen LogP contribution in [-0.2, 0) is 4.74 Å². The Morgan fingerprint density at radius 1 is 1.14 bits per heavy atom. The molecule has 0 bridgehead atoms. The highest BCUT2D eigenvalue weighted by Crippen LogP contribution is 2.37. The molecular weight excluding hydrogens is 260 g/mol. The molecule has 3 nitrogen and oxygen atoms in total. The summed E-state index contributed by atoms with van der Waals surface area (Å²) in [7, 11) is 1.83. The van der Waals surface area contributed by atoms with E-state index in [1.54, 1.807) is 0 Å². The van der Waals surface area contributed by atoms with Crippen molar-refractivity contribution in [1.82, 2.24) is 10.2 Å². The molecule has 1 saturated carbocycles. The van der Waals surface area contributed by atoms with E-state index in [9.17, 15) is 0 Å². The molecular formula is C18H36N2O. The van der Waals surface area contributed by atoms with Crippen molar-refractivity contribution in [2.24, 2.45) is 5.41 Å². The molecule has 1 heterocycles. The Labute approximate surface area is 131 Å². The van der Waals surface area contributed by atoms with E-state index in [0.717, 1.165) is 19.5 Å². The summed E-state index contributed by atoms with van der Waals surface area (Å²) < 4.78 is 5.62. The molecule has 2 rings (SSSR count). The molecule has 2 fully saturated rings. The molecule has 1 saturated heterocycles. The number of piperazine rings is 1. The summed E-state index contributed by atoms with van der Waals surface area (Å²) in [6, 6.07) is 0.622. The van der Waals surface area contributed by atoms with Crippen molar-refractivity contribution >= 4 is 0 Å². The highest BCUT2D eigenvalue weighted by molar-refractivity contribution is 5.03. The quantitative estimate of drug-likeness (QED) is 0.860. The number of ether oxygens (including phenoxy) is 1. The third-order valence-corrected chi connectivity index (χ3v) is 5.73. The Hall–Kier alpha value is -0.120. The van der Waals surface area contributed by atoms with E-state index in [-0.39, 0.29) is 5.60 Å². The maximum Gasteiger partial charge on any atom is 0.0634 e. The van der Waals surface area contributed by atoms with Gasteiger partial charge in [0.05, 0.1) is 5.60 Å². The van der Waals surface area contributed by atoms with Gasteiger partial charge in [0.1, 0.15) is 0 Å². The number of rotatable bonds is 4. The summed E-state index contributed by atoms with van der Waals surface area (Å²) in [6.07, 6.45) is 6.60. The van der Waals surface area contributed by atoms with Crippen LogP contribution in [0.3, 0.4) is 0 Å². The smallest absolute Gasteiger partial charge is 0.0634 e. The fraction of sp³-hybridized carbons (Fsp3) is 1.00. The molecule has 0 amide bonds. The zero-order chi connectivity index (χ0) is 15.7. The van der Waals surface area contributed by atoms with Crippen LogP contribution in [-0.4, -0.2) is 48.8 Å². The summed E-state index contributed by atoms with van der Waals surface area (Å²) in [5, 5.41) is 3.92. The minimum Gasteiger partial charge on any atom is -0.379 e. The first-order chi connectivity index (χ1) is 9.68. The average molecular weight is 296 g/mol. The zero-order valence-electron chi connectivity index (χ0n) is 15.1. The van der Waals surface area contributed by atoms with Crippen LogP contribution in [0.15, 0.2) is 0 Å². The van der Waals surface area contributed by atoms with Gasteiger partial charge in [0.2, 0.25) is 0 Å². The Balaban J connectivity index is 2.06. The van der Waals surface area contributed by atoms with E-state index in [4.69, 9.17) is 4.74 Å². The molecule has 0 aromatic carbocycles. The number of methoxy groups -OCH3 is 1. The topological polar surface area (TPSA) is 24.5 Å². The zero-order valence-corrected chi connectivity index (χ0v) is 15.1. The first-order valence-corrected chi connectivity index (χ1v) is 8.72. The SMILES string of the molecule is COC(C)(C)CCN1CC2(CCCC2)NCC1C(C)(C)C. The summed E-state index contributed by atoms with van der Waals surface area (Å²) in [4.78, 5) is 2.75. The van der Waals surface area contributed by atoms with E-state index in [0.29, 0.717) is 17.0 Å². The molecule has 0 radical (unpaired) electrons. The Kier molecular flexibility index (Phi) is 5.07. The van der Waals surface area contributed by atoms with Crippen LogP contribution >= 0.6 is 0 Å². The monoisotopic (exact) mass is 296 g/mol. The third kappa shape index (κ3) is 4.20. The van der Waals surface area contributed by atoms with Crippen molar-refractivity contribution < 1.29 is 4.74 Å². The van der Waals surface area contributed by atoms with Crippen molar-refractivity contribution in [2.45, 2.75) is 83.9 Å². The largest absolute Gasteiger partial charge is 0.379 e. The molecule has 124 valence electrons. The number of nitrogens with zero attached hydrogens (tertiary/aromatic N) is 1. The lowest BCUT2D eigenvalue weighted by atomic mass is 9.80. The second kappa shape index (κ2) is 6.17. The van der Waals surface area contributed by atoms with Gasteiger partial charge >= 0.3 is 0 Å². The van der Waals surface area contributed by atoms with Gasteiger partial charge in [-0.05, 0) is 38.5 Å². The predicted molar refractivity (Wildman–Crippen MR) is 89.7 cm³/mol. The van der Waals surface area contributed by atoms with Gasteiger partial charge in [0.15, 0.2) is 0 Å². The highest BCUT2D eigenvalue weighted by atomic mass is 16.5. The van der Waals surface area contributed by atoms with Crippen LogP contribution in [0.1, 0.15) is 66.7 Å². The average Bonchev–Trinajstić information content (AvgIpc) is 2.83. The molecule has 2 aliphatic rings. The van der Waals surface area contributed by atoms with E-state index >= 15 is 0 Å². The van der Waals surface area contributed by atoms with Crippen LogP contribution in [0.5, 0.6) is 0 Å². The van der Waals surface area contributed by atoms with Crippen molar-refractivity contribution in [3.8, 4) is 0 Å². The summed E-state index contributed by atoms with van der Waals surface area (Å²) >= 11 is 0. The maximum atomic E-state index is 5.62. The van der Waals surface area contributed by atoms with Gasteiger partial charge in [-0.15, -0.1) is 0 Å². The Bertz CT molecular complexity index is 340. The van der Waals surface area contributed by atoms with Gasteiger partial charge in [-0.3, -0.25) is 4.90 Å². The standard InChI is InChI=1S/C18H36N2O/c1-16(2,3)15-13-19-18(9-7-8-10-18)14-20(15)12-11-17(4,5)21-6/h15,19H,7-14H2,1-6H3. The highest BCUT2D eigenvalue weighted by Gasteiger charge is 2.44. The Morgan fingerprint density at radius 2 is 1.76 bits per heavy atom. The lowest BCUT2D eigenvalue weighted by Gasteiger charge is -2.51. The van der Waals surface area contributed by atoms with Gasteiger partial charge in [-0.2, -0.15) is 0 Å².